The van der Waals surface area contributed by atoms with E-state index in [2.05, 4.69) is 37.1 Å². The zero-order valence-corrected chi connectivity index (χ0v) is 19.7. The molecule has 2 fully saturated rings. The van der Waals surface area contributed by atoms with E-state index in [1.807, 2.05) is 24.4 Å². The van der Waals surface area contributed by atoms with Crippen molar-refractivity contribution in [2.75, 3.05) is 26.2 Å². The molecular formula is C21H34IN7. The van der Waals surface area contributed by atoms with E-state index in [9.17, 15) is 0 Å². The molecule has 1 saturated heterocycles. The molecule has 7 nitrogen and oxygen atoms in total. The maximum Gasteiger partial charge on any atom is 0.191 e. The van der Waals surface area contributed by atoms with E-state index in [-0.39, 0.29) is 24.0 Å². The molecule has 2 aromatic heterocycles. The summed E-state index contributed by atoms with van der Waals surface area (Å²) >= 11 is 0. The van der Waals surface area contributed by atoms with Crippen molar-refractivity contribution in [2.24, 2.45) is 4.99 Å². The maximum absolute atomic E-state index is 4.80. The van der Waals surface area contributed by atoms with Crippen LogP contribution < -0.4 is 10.6 Å². The molecule has 2 aliphatic rings. The summed E-state index contributed by atoms with van der Waals surface area (Å²) in [6, 6.07) is 7.33. The summed E-state index contributed by atoms with van der Waals surface area (Å²) in [4.78, 5) is 7.48. The number of halogens is 1. The van der Waals surface area contributed by atoms with Crippen LogP contribution in [0, 0.1) is 0 Å². The van der Waals surface area contributed by atoms with E-state index in [0.717, 1.165) is 55.9 Å². The normalized spacial score (nSPS) is 20.9. The van der Waals surface area contributed by atoms with Gasteiger partial charge in [0.2, 0.25) is 0 Å². The van der Waals surface area contributed by atoms with E-state index in [4.69, 9.17) is 4.99 Å². The fourth-order valence-corrected chi connectivity index (χ4v) is 4.51. The van der Waals surface area contributed by atoms with Gasteiger partial charge in [0.15, 0.2) is 11.6 Å². The first-order valence-corrected chi connectivity index (χ1v) is 10.9. The van der Waals surface area contributed by atoms with Crippen molar-refractivity contribution in [3.63, 3.8) is 0 Å². The van der Waals surface area contributed by atoms with Gasteiger partial charge in [0, 0.05) is 50.9 Å². The second-order valence-electron chi connectivity index (χ2n) is 7.97. The standard InChI is InChI=1S/C21H33N7.HI/c1-2-22-21(24-17-12-15-27(16-17)18-8-3-4-9-18)23-13-7-11-20-26-25-19-10-5-6-14-28(19)20;/h5-6,10,14,17-18H,2-4,7-9,11-13,15-16H2,1H3,(H2,22,23,24);1H. The number of aliphatic imine (C=N–C) groups is 1. The van der Waals surface area contributed by atoms with Crippen LogP contribution in [0.5, 0.6) is 0 Å². The highest BCUT2D eigenvalue weighted by atomic mass is 127. The minimum atomic E-state index is 0. The lowest BCUT2D eigenvalue weighted by molar-refractivity contribution is 0.242. The highest BCUT2D eigenvalue weighted by molar-refractivity contribution is 14.0. The van der Waals surface area contributed by atoms with Crippen LogP contribution in [0.25, 0.3) is 5.65 Å². The van der Waals surface area contributed by atoms with Gasteiger partial charge < -0.3 is 10.6 Å². The van der Waals surface area contributed by atoms with Crippen LogP contribution in [0.15, 0.2) is 29.4 Å². The van der Waals surface area contributed by atoms with Crippen LogP contribution in [0.1, 0.15) is 51.3 Å². The Labute approximate surface area is 190 Å². The molecule has 2 aromatic rings. The summed E-state index contributed by atoms with van der Waals surface area (Å²) in [7, 11) is 0. The van der Waals surface area contributed by atoms with Gasteiger partial charge in [-0.05, 0) is 44.7 Å². The largest absolute Gasteiger partial charge is 0.357 e. The van der Waals surface area contributed by atoms with E-state index in [0.29, 0.717) is 6.04 Å². The lowest BCUT2D eigenvalue weighted by atomic mass is 10.2. The average molecular weight is 511 g/mol. The monoisotopic (exact) mass is 511 g/mol. The zero-order valence-electron chi connectivity index (χ0n) is 17.4. The third-order valence-electron chi connectivity index (χ3n) is 5.96. The van der Waals surface area contributed by atoms with Gasteiger partial charge >= 0.3 is 0 Å². The molecule has 1 unspecified atom stereocenters. The van der Waals surface area contributed by atoms with Gasteiger partial charge in [0.1, 0.15) is 5.82 Å². The Balaban J connectivity index is 0.00000240. The molecule has 0 spiro atoms. The molecule has 1 aliphatic carbocycles. The Morgan fingerprint density at radius 1 is 1.21 bits per heavy atom. The summed E-state index contributed by atoms with van der Waals surface area (Å²) in [5, 5.41) is 15.6. The molecule has 1 atom stereocenters. The predicted octanol–water partition coefficient (Wildman–Crippen LogP) is 2.85. The third kappa shape index (κ3) is 5.81. The van der Waals surface area contributed by atoms with E-state index >= 15 is 0 Å². The minimum Gasteiger partial charge on any atom is -0.357 e. The number of aryl methyl sites for hydroxylation is 1. The first-order chi connectivity index (χ1) is 13.8. The molecule has 0 aromatic carbocycles. The first-order valence-electron chi connectivity index (χ1n) is 10.9. The summed E-state index contributed by atoms with van der Waals surface area (Å²) in [5.41, 5.74) is 0.907. The van der Waals surface area contributed by atoms with E-state index in [1.54, 1.807) is 0 Å². The van der Waals surface area contributed by atoms with E-state index < -0.39 is 0 Å². The molecule has 4 rings (SSSR count). The fraction of sp³-hybridized carbons (Fsp3) is 0.667. The Morgan fingerprint density at radius 2 is 2.07 bits per heavy atom. The van der Waals surface area contributed by atoms with Crippen LogP contribution in [-0.4, -0.2) is 63.7 Å². The van der Waals surface area contributed by atoms with Crippen LogP contribution in [-0.2, 0) is 6.42 Å². The average Bonchev–Trinajstić information content (AvgIpc) is 3.46. The summed E-state index contributed by atoms with van der Waals surface area (Å²) in [6.07, 6.45) is 10.7. The highest BCUT2D eigenvalue weighted by Crippen LogP contribution is 2.26. The van der Waals surface area contributed by atoms with Crippen molar-refractivity contribution in [1.29, 1.82) is 0 Å². The second kappa shape index (κ2) is 11.1. The molecule has 1 aliphatic heterocycles. The van der Waals surface area contributed by atoms with Gasteiger partial charge in [0.05, 0.1) is 0 Å². The molecule has 0 radical (unpaired) electrons. The van der Waals surface area contributed by atoms with Crippen LogP contribution in [0.2, 0.25) is 0 Å². The number of aromatic nitrogens is 3. The Kier molecular flexibility index (Phi) is 8.53. The van der Waals surface area contributed by atoms with E-state index in [1.165, 1.54) is 38.6 Å². The predicted molar refractivity (Wildman–Crippen MR) is 128 cm³/mol. The van der Waals surface area contributed by atoms with Gasteiger partial charge in [-0.15, -0.1) is 34.2 Å². The molecule has 2 N–H and O–H groups in total. The minimum absolute atomic E-state index is 0. The summed E-state index contributed by atoms with van der Waals surface area (Å²) < 4.78 is 2.06. The zero-order chi connectivity index (χ0) is 19.2. The number of hydrogen-bond acceptors (Lipinski definition) is 4. The molecule has 0 amide bonds. The van der Waals surface area contributed by atoms with Gasteiger partial charge in [-0.25, -0.2) is 0 Å². The summed E-state index contributed by atoms with van der Waals surface area (Å²) in [6.45, 7) is 6.18. The molecular weight excluding hydrogens is 477 g/mol. The number of rotatable bonds is 7. The number of likely N-dealkylation sites (tertiary alicyclic amines) is 1. The molecule has 0 bridgehead atoms. The fourth-order valence-electron chi connectivity index (χ4n) is 4.51. The van der Waals surface area contributed by atoms with Gasteiger partial charge in [-0.3, -0.25) is 14.3 Å². The topological polar surface area (TPSA) is 69.8 Å². The number of fused-ring (bicyclic) bond motifs is 1. The molecule has 3 heterocycles. The smallest absolute Gasteiger partial charge is 0.191 e. The van der Waals surface area contributed by atoms with Crippen LogP contribution >= 0.6 is 24.0 Å². The van der Waals surface area contributed by atoms with Crippen LogP contribution in [0.4, 0.5) is 0 Å². The second-order valence-corrected chi connectivity index (χ2v) is 7.97. The Hall–Kier alpha value is -1.42. The van der Waals surface area contributed by atoms with Crippen LogP contribution in [0.3, 0.4) is 0 Å². The van der Waals surface area contributed by atoms with Gasteiger partial charge in [-0.2, -0.15) is 0 Å². The number of nitrogens with zero attached hydrogens (tertiary/aromatic N) is 5. The Morgan fingerprint density at radius 3 is 2.90 bits per heavy atom. The number of nitrogens with one attached hydrogen (secondary N) is 2. The third-order valence-corrected chi connectivity index (χ3v) is 5.96. The lowest BCUT2D eigenvalue weighted by Crippen LogP contribution is -2.45. The molecule has 29 heavy (non-hydrogen) atoms. The molecule has 1 saturated carbocycles. The maximum atomic E-state index is 4.80. The van der Waals surface area contributed by atoms with Crippen molar-refractivity contribution in [2.45, 2.75) is 64.0 Å². The van der Waals surface area contributed by atoms with Crippen molar-refractivity contribution < 1.29 is 0 Å². The van der Waals surface area contributed by atoms with Gasteiger partial charge in [0.25, 0.3) is 0 Å². The molecule has 8 heteroatoms. The van der Waals surface area contributed by atoms with Crippen molar-refractivity contribution >= 4 is 35.6 Å². The van der Waals surface area contributed by atoms with Crippen molar-refractivity contribution in [1.82, 2.24) is 30.1 Å². The molecule has 160 valence electrons. The Bertz CT molecular complexity index is 784. The van der Waals surface area contributed by atoms with Gasteiger partial charge in [-0.1, -0.05) is 18.9 Å². The summed E-state index contributed by atoms with van der Waals surface area (Å²) in [5.74, 6) is 1.96. The number of guanidine groups is 1. The van der Waals surface area contributed by atoms with Crippen molar-refractivity contribution in [3.05, 3.63) is 30.2 Å². The lowest BCUT2D eigenvalue weighted by Gasteiger charge is -2.24. The highest BCUT2D eigenvalue weighted by Gasteiger charge is 2.30. The van der Waals surface area contributed by atoms with Crippen molar-refractivity contribution in [3.8, 4) is 0 Å². The SMILES string of the molecule is CCNC(=NCCCc1nnc2ccccn12)NC1CCN(C2CCCC2)C1.I. The first kappa shape index (κ1) is 22.3. The number of hydrogen-bond donors (Lipinski definition) is 2. The quantitative estimate of drug-likeness (QED) is 0.259. The number of pyridine rings is 1.